The number of carbonyl (C=O) groups excluding carboxylic acids is 4. The van der Waals surface area contributed by atoms with Gasteiger partial charge in [-0.15, -0.1) is 0 Å². The molecule has 0 bridgehead atoms. The fourth-order valence-corrected chi connectivity index (χ4v) is 3.50. The van der Waals surface area contributed by atoms with Crippen LogP contribution in [0.4, 0.5) is 5.69 Å². The van der Waals surface area contributed by atoms with Crippen molar-refractivity contribution in [2.45, 2.75) is 6.92 Å². The maximum Gasteiger partial charge on any atom is 0.356 e. The Morgan fingerprint density at radius 1 is 0.972 bits per heavy atom. The van der Waals surface area contributed by atoms with Crippen molar-refractivity contribution in [2.24, 2.45) is 0 Å². The summed E-state index contributed by atoms with van der Waals surface area (Å²) < 4.78 is 5.19. The number of nitro benzene ring substituents is 1. The molecule has 0 unspecified atom stereocenters. The van der Waals surface area contributed by atoms with E-state index in [0.717, 1.165) is 10.5 Å². The van der Waals surface area contributed by atoms with Crippen molar-refractivity contribution >= 4 is 35.5 Å². The molecule has 3 amide bonds. The second-order valence-corrected chi connectivity index (χ2v) is 7.88. The van der Waals surface area contributed by atoms with Crippen LogP contribution in [0.5, 0.6) is 0 Å². The summed E-state index contributed by atoms with van der Waals surface area (Å²) in [5, 5.41) is 13.6. The molecule has 10 heteroatoms. The van der Waals surface area contributed by atoms with Crippen molar-refractivity contribution in [1.29, 1.82) is 0 Å². The Bertz CT molecular complexity index is 1390. The number of ether oxygens (including phenoxy) is 1. The third-order valence-electron chi connectivity index (χ3n) is 5.38. The SMILES string of the molecule is Cc1ccc(C(=O)N/C(=C/c2cccc([N+](=O)[O-])c2)C(=O)OCN2C(=O)c3ccccc3C2=O)cc1. The molecular weight excluding hydrogens is 466 g/mol. The van der Waals surface area contributed by atoms with Crippen LogP contribution in [0.2, 0.25) is 0 Å². The Morgan fingerprint density at radius 3 is 2.22 bits per heavy atom. The highest BCUT2D eigenvalue weighted by atomic mass is 16.6. The molecule has 0 saturated carbocycles. The first-order chi connectivity index (χ1) is 17.2. The fraction of sp³-hybridized carbons (Fsp3) is 0.0769. The van der Waals surface area contributed by atoms with Gasteiger partial charge in [0.2, 0.25) is 0 Å². The van der Waals surface area contributed by atoms with Crippen LogP contribution in [0.15, 0.2) is 78.5 Å². The molecule has 1 heterocycles. The summed E-state index contributed by atoms with van der Waals surface area (Å²) in [6.07, 6.45) is 1.21. The Morgan fingerprint density at radius 2 is 1.61 bits per heavy atom. The molecule has 10 nitrogen and oxygen atoms in total. The highest BCUT2D eigenvalue weighted by molar-refractivity contribution is 6.21. The van der Waals surface area contributed by atoms with Gasteiger partial charge in [-0.3, -0.25) is 24.5 Å². The molecule has 1 aliphatic rings. The van der Waals surface area contributed by atoms with Crippen LogP contribution in [0.1, 0.15) is 42.2 Å². The van der Waals surface area contributed by atoms with Crippen LogP contribution < -0.4 is 5.32 Å². The lowest BCUT2D eigenvalue weighted by molar-refractivity contribution is -0.384. The minimum Gasteiger partial charge on any atom is -0.439 e. The van der Waals surface area contributed by atoms with Crippen LogP contribution in [0, 0.1) is 17.0 Å². The monoisotopic (exact) mass is 485 g/mol. The number of non-ortho nitro benzene ring substituents is 1. The molecule has 4 rings (SSSR count). The highest BCUT2D eigenvalue weighted by Gasteiger charge is 2.36. The van der Waals surface area contributed by atoms with Crippen LogP contribution in [-0.4, -0.2) is 40.2 Å². The average molecular weight is 485 g/mol. The number of amides is 3. The van der Waals surface area contributed by atoms with Crippen molar-refractivity contribution < 1.29 is 28.8 Å². The van der Waals surface area contributed by atoms with Gasteiger partial charge in [0.05, 0.1) is 16.1 Å². The second-order valence-electron chi connectivity index (χ2n) is 7.88. The van der Waals surface area contributed by atoms with Gasteiger partial charge in [-0.05, 0) is 42.8 Å². The van der Waals surface area contributed by atoms with E-state index in [4.69, 9.17) is 4.74 Å². The lowest BCUT2D eigenvalue weighted by atomic mass is 10.1. The maximum atomic E-state index is 12.9. The van der Waals surface area contributed by atoms with E-state index >= 15 is 0 Å². The van der Waals surface area contributed by atoms with E-state index in [1.165, 1.54) is 42.5 Å². The number of fused-ring (bicyclic) bond motifs is 1. The molecule has 1 aliphatic heterocycles. The zero-order valence-electron chi connectivity index (χ0n) is 19.0. The van der Waals surface area contributed by atoms with Gasteiger partial charge in [0, 0.05) is 17.7 Å². The number of rotatable bonds is 7. The predicted octanol–water partition coefficient (Wildman–Crippen LogP) is 3.47. The van der Waals surface area contributed by atoms with Gasteiger partial charge in [-0.1, -0.05) is 42.0 Å². The molecule has 1 N–H and O–H groups in total. The van der Waals surface area contributed by atoms with Crippen molar-refractivity contribution in [1.82, 2.24) is 10.2 Å². The molecule has 36 heavy (non-hydrogen) atoms. The third-order valence-corrected chi connectivity index (χ3v) is 5.38. The summed E-state index contributed by atoms with van der Waals surface area (Å²) >= 11 is 0. The second kappa shape index (κ2) is 10.0. The summed E-state index contributed by atoms with van der Waals surface area (Å²) in [5.74, 6) is -2.89. The van der Waals surface area contributed by atoms with Crippen molar-refractivity contribution in [3.63, 3.8) is 0 Å². The number of nitrogens with zero attached hydrogens (tertiary/aromatic N) is 2. The van der Waals surface area contributed by atoms with Gasteiger partial charge < -0.3 is 10.1 Å². The first-order valence-corrected chi connectivity index (χ1v) is 10.7. The summed E-state index contributed by atoms with van der Waals surface area (Å²) in [6.45, 7) is 1.17. The number of carbonyl (C=O) groups is 4. The third kappa shape index (κ3) is 5.02. The van der Waals surface area contributed by atoms with E-state index in [1.807, 2.05) is 6.92 Å². The lowest BCUT2D eigenvalue weighted by Gasteiger charge is -2.15. The minimum atomic E-state index is -1.04. The van der Waals surface area contributed by atoms with E-state index in [1.54, 1.807) is 36.4 Å². The molecule has 0 atom stereocenters. The van der Waals surface area contributed by atoms with Crippen molar-refractivity contribution in [2.75, 3.05) is 6.73 Å². The molecule has 3 aromatic rings. The lowest BCUT2D eigenvalue weighted by Crippen LogP contribution is -2.35. The standard InChI is InChI=1S/C26H19N3O7/c1-16-9-11-18(12-10-16)23(30)27-22(14-17-5-4-6-19(13-17)29(34)35)26(33)36-15-28-24(31)20-7-2-3-8-21(20)25(28)32/h2-14H,15H2,1H3,(H,27,30)/b22-14+. The Balaban J connectivity index is 1.57. The smallest absolute Gasteiger partial charge is 0.356 e. The van der Waals surface area contributed by atoms with E-state index in [9.17, 15) is 29.3 Å². The molecule has 3 aromatic carbocycles. The van der Waals surface area contributed by atoms with Crippen molar-refractivity contribution in [3.05, 3.63) is 116 Å². The molecular formula is C26H19N3O7. The number of nitro groups is 1. The first kappa shape index (κ1) is 24.0. The number of hydrogen-bond donors (Lipinski definition) is 1. The molecule has 0 fully saturated rings. The average Bonchev–Trinajstić information content (AvgIpc) is 3.12. The van der Waals surface area contributed by atoms with Gasteiger partial charge in [-0.2, -0.15) is 0 Å². The predicted molar refractivity (Wildman–Crippen MR) is 128 cm³/mol. The number of hydrogen-bond acceptors (Lipinski definition) is 7. The quantitative estimate of drug-likeness (QED) is 0.178. The van der Waals surface area contributed by atoms with Gasteiger partial charge in [0.25, 0.3) is 23.4 Å². The number of imide groups is 1. The summed E-state index contributed by atoms with van der Waals surface area (Å²) in [7, 11) is 0. The molecule has 0 aliphatic carbocycles. The molecule has 180 valence electrons. The molecule has 0 radical (unpaired) electrons. The first-order valence-electron chi connectivity index (χ1n) is 10.7. The van der Waals surface area contributed by atoms with Crippen LogP contribution in [0.3, 0.4) is 0 Å². The maximum absolute atomic E-state index is 12.9. The minimum absolute atomic E-state index is 0.193. The van der Waals surface area contributed by atoms with Crippen molar-refractivity contribution in [3.8, 4) is 0 Å². The summed E-state index contributed by atoms with van der Waals surface area (Å²) in [5.41, 5.74) is 1.28. The Labute approximate surface area is 204 Å². The van der Waals surface area contributed by atoms with Crippen LogP contribution in [0.25, 0.3) is 6.08 Å². The van der Waals surface area contributed by atoms with E-state index < -0.39 is 35.3 Å². The van der Waals surface area contributed by atoms with E-state index in [-0.39, 0.29) is 33.6 Å². The fourth-order valence-electron chi connectivity index (χ4n) is 3.50. The largest absolute Gasteiger partial charge is 0.439 e. The Kier molecular flexibility index (Phi) is 6.68. The number of benzene rings is 3. The topological polar surface area (TPSA) is 136 Å². The molecule has 0 spiro atoms. The van der Waals surface area contributed by atoms with E-state index in [2.05, 4.69) is 5.32 Å². The molecule has 0 aromatic heterocycles. The normalized spacial score (nSPS) is 12.8. The van der Waals surface area contributed by atoms with Gasteiger partial charge >= 0.3 is 5.97 Å². The zero-order chi connectivity index (χ0) is 25.8. The van der Waals surface area contributed by atoms with Gasteiger partial charge in [-0.25, -0.2) is 9.69 Å². The zero-order valence-corrected chi connectivity index (χ0v) is 19.0. The van der Waals surface area contributed by atoms with Crippen LogP contribution in [-0.2, 0) is 9.53 Å². The Hall–Kier alpha value is -5.12. The highest BCUT2D eigenvalue weighted by Crippen LogP contribution is 2.22. The summed E-state index contributed by atoms with van der Waals surface area (Å²) in [4.78, 5) is 62.1. The van der Waals surface area contributed by atoms with E-state index in [0.29, 0.717) is 0 Å². The number of aryl methyl sites for hydroxylation is 1. The van der Waals surface area contributed by atoms with Gasteiger partial charge in [0.15, 0.2) is 6.73 Å². The van der Waals surface area contributed by atoms with Gasteiger partial charge in [0.1, 0.15) is 5.70 Å². The van der Waals surface area contributed by atoms with Crippen LogP contribution >= 0.6 is 0 Å². The number of esters is 1. The molecule has 0 saturated heterocycles. The number of nitrogens with one attached hydrogen (secondary N) is 1. The summed E-state index contributed by atoms with van der Waals surface area (Å²) in [6, 6.07) is 18.2.